The van der Waals surface area contributed by atoms with Gasteiger partial charge in [0.1, 0.15) is 0 Å². The molecule has 0 saturated heterocycles. The van der Waals surface area contributed by atoms with Gasteiger partial charge in [-0.25, -0.2) is 8.78 Å². The first-order valence-corrected chi connectivity index (χ1v) is 6.44. The maximum atomic E-state index is 13.1. The van der Waals surface area contributed by atoms with Crippen LogP contribution in [0.1, 0.15) is 19.8 Å². The molecule has 0 spiro atoms. The van der Waals surface area contributed by atoms with E-state index in [0.29, 0.717) is 23.7 Å². The number of hydrogen-bond donors (Lipinski definition) is 2. The standard InChI is InChI=1S/C14H14F2N4O/c1-2-3-14(21)18-13-7-6-12(19-20-13)17-9-4-5-10(15)11(16)8-9/h4-8H,2-3H2,1H3,(H,17,19)(H,18,20,21). The molecule has 0 aliphatic rings. The smallest absolute Gasteiger partial charge is 0.225 e. The average Bonchev–Trinajstić information content (AvgIpc) is 2.45. The summed E-state index contributed by atoms with van der Waals surface area (Å²) in [5, 5.41) is 13.1. The van der Waals surface area contributed by atoms with E-state index in [0.717, 1.165) is 18.6 Å². The molecule has 0 aliphatic heterocycles. The quantitative estimate of drug-likeness (QED) is 0.887. The number of aromatic nitrogens is 2. The van der Waals surface area contributed by atoms with Crippen molar-refractivity contribution >= 4 is 23.2 Å². The Morgan fingerprint density at radius 3 is 2.43 bits per heavy atom. The molecule has 0 aliphatic carbocycles. The zero-order valence-electron chi connectivity index (χ0n) is 11.4. The predicted octanol–water partition coefficient (Wildman–Crippen LogP) is 3.24. The van der Waals surface area contributed by atoms with E-state index in [-0.39, 0.29) is 5.91 Å². The van der Waals surface area contributed by atoms with Gasteiger partial charge in [0.25, 0.3) is 0 Å². The fraction of sp³-hybridized carbons (Fsp3) is 0.214. The second kappa shape index (κ2) is 6.74. The molecule has 2 N–H and O–H groups in total. The van der Waals surface area contributed by atoms with Crippen molar-refractivity contribution in [2.24, 2.45) is 0 Å². The highest BCUT2D eigenvalue weighted by Gasteiger charge is 2.05. The molecule has 1 aromatic heterocycles. The number of nitrogens with one attached hydrogen (secondary N) is 2. The number of carbonyl (C=O) groups is 1. The van der Waals surface area contributed by atoms with Crippen molar-refractivity contribution in [3.05, 3.63) is 42.0 Å². The maximum Gasteiger partial charge on any atom is 0.225 e. The van der Waals surface area contributed by atoms with Gasteiger partial charge in [-0.2, -0.15) is 0 Å². The summed E-state index contributed by atoms with van der Waals surface area (Å²) in [6.07, 6.45) is 1.16. The Bertz CT molecular complexity index is 631. The number of halogens is 2. The van der Waals surface area contributed by atoms with Crippen LogP contribution in [0.4, 0.5) is 26.1 Å². The molecule has 21 heavy (non-hydrogen) atoms. The molecule has 5 nitrogen and oxygen atoms in total. The molecule has 1 heterocycles. The molecule has 1 amide bonds. The summed E-state index contributed by atoms with van der Waals surface area (Å²) in [6, 6.07) is 6.58. The summed E-state index contributed by atoms with van der Waals surface area (Å²) in [7, 11) is 0. The predicted molar refractivity (Wildman–Crippen MR) is 75.2 cm³/mol. The van der Waals surface area contributed by atoms with Crippen LogP contribution in [0, 0.1) is 11.6 Å². The largest absolute Gasteiger partial charge is 0.339 e. The third-order valence-corrected chi connectivity index (χ3v) is 2.60. The van der Waals surface area contributed by atoms with Crippen molar-refractivity contribution < 1.29 is 13.6 Å². The van der Waals surface area contributed by atoms with Crippen molar-refractivity contribution in [2.45, 2.75) is 19.8 Å². The number of benzene rings is 1. The Balaban J connectivity index is 2.01. The summed E-state index contributed by atoms with van der Waals surface area (Å²) in [6.45, 7) is 1.90. The highest BCUT2D eigenvalue weighted by molar-refractivity contribution is 5.89. The van der Waals surface area contributed by atoms with Gasteiger partial charge in [-0.3, -0.25) is 4.79 Å². The second-order valence-electron chi connectivity index (χ2n) is 4.36. The molecule has 0 atom stereocenters. The number of amides is 1. The van der Waals surface area contributed by atoms with Gasteiger partial charge in [0, 0.05) is 18.2 Å². The molecule has 0 bridgehead atoms. The molecule has 0 radical (unpaired) electrons. The topological polar surface area (TPSA) is 66.9 Å². The lowest BCUT2D eigenvalue weighted by atomic mass is 10.3. The van der Waals surface area contributed by atoms with E-state index in [2.05, 4.69) is 20.8 Å². The SMILES string of the molecule is CCCC(=O)Nc1ccc(Nc2ccc(F)c(F)c2)nn1. The van der Waals surface area contributed by atoms with Gasteiger partial charge in [-0.05, 0) is 30.7 Å². The zero-order chi connectivity index (χ0) is 15.2. The van der Waals surface area contributed by atoms with Crippen LogP contribution in [0.3, 0.4) is 0 Å². The van der Waals surface area contributed by atoms with Crippen LogP contribution in [0.25, 0.3) is 0 Å². The Morgan fingerprint density at radius 1 is 1.10 bits per heavy atom. The van der Waals surface area contributed by atoms with E-state index < -0.39 is 11.6 Å². The van der Waals surface area contributed by atoms with Crippen LogP contribution in [0.5, 0.6) is 0 Å². The molecular weight excluding hydrogens is 278 g/mol. The van der Waals surface area contributed by atoms with Crippen LogP contribution < -0.4 is 10.6 Å². The van der Waals surface area contributed by atoms with Crippen LogP contribution >= 0.6 is 0 Å². The van der Waals surface area contributed by atoms with Crippen molar-refractivity contribution in [1.82, 2.24) is 10.2 Å². The Hall–Kier alpha value is -2.57. The van der Waals surface area contributed by atoms with E-state index in [9.17, 15) is 13.6 Å². The van der Waals surface area contributed by atoms with Crippen molar-refractivity contribution in [1.29, 1.82) is 0 Å². The fourth-order valence-electron chi connectivity index (χ4n) is 1.62. The number of anilines is 3. The van der Waals surface area contributed by atoms with Crippen molar-refractivity contribution in [3.63, 3.8) is 0 Å². The minimum atomic E-state index is -0.948. The molecule has 0 saturated carbocycles. The maximum absolute atomic E-state index is 13.1. The van der Waals surface area contributed by atoms with Crippen LogP contribution in [0.15, 0.2) is 30.3 Å². The monoisotopic (exact) mass is 292 g/mol. The molecule has 7 heteroatoms. The molecular formula is C14H14F2N4O. The Labute approximate surface area is 120 Å². The summed E-state index contributed by atoms with van der Waals surface area (Å²) in [5.74, 6) is -1.30. The van der Waals surface area contributed by atoms with Gasteiger partial charge >= 0.3 is 0 Å². The van der Waals surface area contributed by atoms with Gasteiger partial charge in [0.05, 0.1) is 0 Å². The normalized spacial score (nSPS) is 10.2. The zero-order valence-corrected chi connectivity index (χ0v) is 11.4. The molecule has 2 rings (SSSR count). The van der Waals surface area contributed by atoms with Gasteiger partial charge < -0.3 is 10.6 Å². The minimum absolute atomic E-state index is 0.131. The van der Waals surface area contributed by atoms with E-state index in [1.54, 1.807) is 12.1 Å². The second-order valence-corrected chi connectivity index (χ2v) is 4.36. The minimum Gasteiger partial charge on any atom is -0.339 e. The highest BCUT2D eigenvalue weighted by atomic mass is 19.2. The van der Waals surface area contributed by atoms with E-state index in [1.165, 1.54) is 6.07 Å². The van der Waals surface area contributed by atoms with E-state index in [4.69, 9.17) is 0 Å². The first kappa shape index (κ1) is 14.8. The van der Waals surface area contributed by atoms with Gasteiger partial charge in [0.15, 0.2) is 23.3 Å². The summed E-state index contributed by atoms with van der Waals surface area (Å²) >= 11 is 0. The van der Waals surface area contributed by atoms with E-state index >= 15 is 0 Å². The molecule has 0 fully saturated rings. The van der Waals surface area contributed by atoms with Gasteiger partial charge in [0.2, 0.25) is 5.91 Å². The van der Waals surface area contributed by atoms with Gasteiger partial charge in [-0.1, -0.05) is 6.92 Å². The van der Waals surface area contributed by atoms with Crippen LogP contribution in [0.2, 0.25) is 0 Å². The van der Waals surface area contributed by atoms with E-state index in [1.807, 2.05) is 6.92 Å². The van der Waals surface area contributed by atoms with Crippen LogP contribution in [-0.4, -0.2) is 16.1 Å². The lowest BCUT2D eigenvalue weighted by Crippen LogP contribution is -2.12. The fourth-order valence-corrected chi connectivity index (χ4v) is 1.62. The Morgan fingerprint density at radius 2 is 1.81 bits per heavy atom. The van der Waals surface area contributed by atoms with Crippen molar-refractivity contribution in [3.8, 4) is 0 Å². The summed E-state index contributed by atoms with van der Waals surface area (Å²) in [4.78, 5) is 11.4. The lowest BCUT2D eigenvalue weighted by Gasteiger charge is -2.06. The highest BCUT2D eigenvalue weighted by Crippen LogP contribution is 2.17. The summed E-state index contributed by atoms with van der Waals surface area (Å²) in [5.41, 5.74) is 0.353. The average molecular weight is 292 g/mol. The number of hydrogen-bond acceptors (Lipinski definition) is 4. The third-order valence-electron chi connectivity index (χ3n) is 2.60. The number of carbonyl (C=O) groups excluding carboxylic acids is 1. The Kier molecular flexibility index (Phi) is 4.76. The molecule has 0 unspecified atom stereocenters. The first-order chi connectivity index (χ1) is 10.1. The summed E-state index contributed by atoms with van der Waals surface area (Å²) < 4.78 is 25.9. The molecule has 1 aromatic carbocycles. The first-order valence-electron chi connectivity index (χ1n) is 6.44. The lowest BCUT2D eigenvalue weighted by molar-refractivity contribution is -0.116. The third kappa shape index (κ3) is 4.20. The van der Waals surface area contributed by atoms with Gasteiger partial charge in [-0.15, -0.1) is 10.2 Å². The molecule has 2 aromatic rings. The van der Waals surface area contributed by atoms with Crippen LogP contribution in [-0.2, 0) is 4.79 Å². The molecule has 110 valence electrons. The van der Waals surface area contributed by atoms with Crippen molar-refractivity contribution in [2.75, 3.05) is 10.6 Å². The number of rotatable bonds is 5. The number of nitrogens with zero attached hydrogens (tertiary/aromatic N) is 2.